The van der Waals surface area contributed by atoms with Crippen molar-refractivity contribution in [2.45, 2.75) is 76.5 Å². The average Bonchev–Trinajstić information content (AvgIpc) is 3.19. The summed E-state index contributed by atoms with van der Waals surface area (Å²) in [5.74, 6) is 0.697. The van der Waals surface area contributed by atoms with Gasteiger partial charge in [0.05, 0.1) is 17.2 Å². The van der Waals surface area contributed by atoms with Crippen molar-refractivity contribution in [1.29, 1.82) is 0 Å². The molecule has 0 radical (unpaired) electrons. The highest BCUT2D eigenvalue weighted by molar-refractivity contribution is 7.09. The van der Waals surface area contributed by atoms with E-state index in [0.717, 1.165) is 25.2 Å². The molecule has 2 saturated heterocycles. The van der Waals surface area contributed by atoms with E-state index in [9.17, 15) is 4.79 Å². The second-order valence-electron chi connectivity index (χ2n) is 7.77. The minimum absolute atomic E-state index is 0.0761. The lowest BCUT2D eigenvalue weighted by Gasteiger charge is -2.32. The van der Waals surface area contributed by atoms with Gasteiger partial charge in [-0.1, -0.05) is 0 Å². The molecule has 0 spiro atoms. The molecule has 3 aliphatic rings. The molecule has 6 heteroatoms. The van der Waals surface area contributed by atoms with Gasteiger partial charge in [-0.15, -0.1) is 11.3 Å². The number of hydrogen-bond acceptors (Lipinski definition) is 4. The molecule has 1 aromatic heterocycles. The zero-order valence-corrected chi connectivity index (χ0v) is 15.5. The molecule has 2 atom stereocenters. The Hall–Kier alpha value is -1.14. The van der Waals surface area contributed by atoms with Gasteiger partial charge >= 0.3 is 6.03 Å². The number of hydrogen-bond donors (Lipinski definition) is 1. The van der Waals surface area contributed by atoms with Crippen LogP contribution in [0.4, 0.5) is 4.79 Å². The lowest BCUT2D eigenvalue weighted by molar-refractivity contribution is 0.147. The van der Waals surface area contributed by atoms with Gasteiger partial charge in [0.25, 0.3) is 0 Å². The normalized spacial score (nSPS) is 27.5. The van der Waals surface area contributed by atoms with Crippen LogP contribution in [0.25, 0.3) is 0 Å². The van der Waals surface area contributed by atoms with Gasteiger partial charge in [0, 0.05) is 42.5 Å². The van der Waals surface area contributed by atoms with Gasteiger partial charge in [-0.3, -0.25) is 4.90 Å². The predicted molar refractivity (Wildman–Crippen MR) is 96.3 cm³/mol. The summed E-state index contributed by atoms with van der Waals surface area (Å²) in [6.07, 6.45) is 6.18. The maximum Gasteiger partial charge on any atom is 0.317 e. The number of amides is 2. The van der Waals surface area contributed by atoms with E-state index in [0.29, 0.717) is 30.6 Å². The molecular weight excluding hydrogens is 320 g/mol. The van der Waals surface area contributed by atoms with Crippen molar-refractivity contribution in [1.82, 2.24) is 20.1 Å². The Morgan fingerprint density at radius 3 is 2.83 bits per heavy atom. The molecule has 3 heterocycles. The van der Waals surface area contributed by atoms with Crippen molar-refractivity contribution < 1.29 is 4.79 Å². The van der Waals surface area contributed by atoms with E-state index in [1.165, 1.54) is 30.7 Å². The second-order valence-corrected chi connectivity index (χ2v) is 8.66. The standard InChI is InChI=1S/C18H28N4OS/c1-12(2)22-15-5-6-16(22)10-21(8-7-15)18(23)19-9-14-11-24-17(20-14)13-3-4-13/h11-13,15-16H,3-10H2,1-2H3,(H,19,23). The molecule has 4 rings (SSSR count). The first kappa shape index (κ1) is 16.3. The summed E-state index contributed by atoms with van der Waals surface area (Å²) in [7, 11) is 0. The quantitative estimate of drug-likeness (QED) is 0.909. The number of nitrogens with one attached hydrogen (secondary N) is 1. The smallest absolute Gasteiger partial charge is 0.317 e. The fraction of sp³-hybridized carbons (Fsp3) is 0.778. The van der Waals surface area contributed by atoms with Crippen LogP contribution >= 0.6 is 11.3 Å². The zero-order chi connectivity index (χ0) is 16.7. The third-order valence-corrected chi connectivity index (χ3v) is 6.70. The van der Waals surface area contributed by atoms with Crippen LogP contribution in [0.5, 0.6) is 0 Å². The van der Waals surface area contributed by atoms with E-state index >= 15 is 0 Å². The number of rotatable bonds is 4. The molecule has 1 saturated carbocycles. The van der Waals surface area contributed by atoms with E-state index in [2.05, 4.69) is 34.4 Å². The van der Waals surface area contributed by atoms with Crippen molar-refractivity contribution in [2.24, 2.45) is 0 Å². The van der Waals surface area contributed by atoms with Gasteiger partial charge in [0.2, 0.25) is 0 Å². The molecule has 1 aromatic rings. The van der Waals surface area contributed by atoms with E-state index in [-0.39, 0.29) is 6.03 Å². The van der Waals surface area contributed by atoms with E-state index in [1.807, 2.05) is 4.90 Å². The monoisotopic (exact) mass is 348 g/mol. The number of likely N-dealkylation sites (tertiary alicyclic amines) is 1. The van der Waals surface area contributed by atoms with Crippen molar-refractivity contribution in [3.63, 3.8) is 0 Å². The topological polar surface area (TPSA) is 48.5 Å². The van der Waals surface area contributed by atoms with Crippen LogP contribution in [-0.2, 0) is 6.54 Å². The summed E-state index contributed by atoms with van der Waals surface area (Å²) in [4.78, 5) is 21.9. The molecule has 2 bridgehead atoms. The maximum atomic E-state index is 12.6. The van der Waals surface area contributed by atoms with Crippen LogP contribution in [-0.4, -0.2) is 52.0 Å². The van der Waals surface area contributed by atoms with Crippen LogP contribution < -0.4 is 5.32 Å². The molecule has 1 aliphatic carbocycles. The first-order chi connectivity index (χ1) is 11.6. The lowest BCUT2D eigenvalue weighted by Crippen LogP contribution is -2.46. The summed E-state index contributed by atoms with van der Waals surface area (Å²) in [5.41, 5.74) is 1.01. The fourth-order valence-corrected chi connectivity index (χ4v) is 5.33. The molecule has 2 aliphatic heterocycles. The number of carbonyl (C=O) groups is 1. The molecule has 3 fully saturated rings. The fourth-order valence-electron chi connectivity index (χ4n) is 4.34. The van der Waals surface area contributed by atoms with Crippen LogP contribution in [0.3, 0.4) is 0 Å². The predicted octanol–water partition coefficient (Wildman–Crippen LogP) is 3.18. The first-order valence-corrected chi connectivity index (χ1v) is 10.2. The molecule has 0 aromatic carbocycles. The molecule has 5 nitrogen and oxygen atoms in total. The van der Waals surface area contributed by atoms with Gasteiger partial charge in [0.1, 0.15) is 0 Å². The number of fused-ring (bicyclic) bond motifs is 2. The van der Waals surface area contributed by atoms with Crippen LogP contribution in [0, 0.1) is 0 Å². The van der Waals surface area contributed by atoms with Gasteiger partial charge < -0.3 is 10.2 Å². The van der Waals surface area contributed by atoms with Gasteiger partial charge in [0.15, 0.2) is 0 Å². The van der Waals surface area contributed by atoms with Crippen LogP contribution in [0.15, 0.2) is 5.38 Å². The number of thiazole rings is 1. The van der Waals surface area contributed by atoms with E-state index in [4.69, 9.17) is 0 Å². The summed E-state index contributed by atoms with van der Waals surface area (Å²) in [6, 6.07) is 1.84. The zero-order valence-electron chi connectivity index (χ0n) is 14.7. The second kappa shape index (κ2) is 6.64. The van der Waals surface area contributed by atoms with Crippen LogP contribution in [0.2, 0.25) is 0 Å². The Morgan fingerprint density at radius 1 is 1.29 bits per heavy atom. The highest BCUT2D eigenvalue weighted by Gasteiger charge is 2.39. The number of urea groups is 1. The van der Waals surface area contributed by atoms with Gasteiger partial charge in [-0.25, -0.2) is 9.78 Å². The van der Waals surface area contributed by atoms with Crippen molar-refractivity contribution in [3.05, 3.63) is 16.1 Å². The Bertz CT molecular complexity index is 598. The summed E-state index contributed by atoms with van der Waals surface area (Å²) < 4.78 is 0. The van der Waals surface area contributed by atoms with E-state index < -0.39 is 0 Å². The average molecular weight is 349 g/mol. The van der Waals surface area contributed by atoms with Crippen LogP contribution in [0.1, 0.15) is 62.6 Å². The van der Waals surface area contributed by atoms with Crippen molar-refractivity contribution in [2.75, 3.05) is 13.1 Å². The third-order valence-electron chi connectivity index (χ3n) is 5.64. The molecule has 2 amide bonds. The molecule has 24 heavy (non-hydrogen) atoms. The Labute approximate surface area is 148 Å². The minimum atomic E-state index is 0.0761. The summed E-state index contributed by atoms with van der Waals surface area (Å²) in [6.45, 7) is 6.85. The molecule has 2 unspecified atom stereocenters. The SMILES string of the molecule is CC(C)N1C2CCC1CN(C(=O)NCc1csc(C3CC3)n1)CC2. The first-order valence-electron chi connectivity index (χ1n) is 9.36. The Morgan fingerprint density at radius 2 is 2.08 bits per heavy atom. The van der Waals surface area contributed by atoms with Crippen molar-refractivity contribution >= 4 is 17.4 Å². The Balaban J connectivity index is 1.32. The minimum Gasteiger partial charge on any atom is -0.332 e. The largest absolute Gasteiger partial charge is 0.332 e. The van der Waals surface area contributed by atoms with Gasteiger partial charge in [-0.05, 0) is 46.0 Å². The highest BCUT2D eigenvalue weighted by atomic mass is 32.1. The Kier molecular flexibility index (Phi) is 4.52. The van der Waals surface area contributed by atoms with Gasteiger partial charge in [-0.2, -0.15) is 0 Å². The molecule has 132 valence electrons. The highest BCUT2D eigenvalue weighted by Crippen LogP contribution is 2.41. The van der Waals surface area contributed by atoms with Crippen molar-refractivity contribution in [3.8, 4) is 0 Å². The molecule has 1 N–H and O–H groups in total. The number of carbonyl (C=O) groups excluding carboxylic acids is 1. The van der Waals surface area contributed by atoms with E-state index in [1.54, 1.807) is 11.3 Å². The molecular formula is C18H28N4OS. The maximum absolute atomic E-state index is 12.6. The third kappa shape index (κ3) is 3.31. The summed E-state index contributed by atoms with van der Waals surface area (Å²) in [5, 5.41) is 6.43. The number of nitrogens with zero attached hydrogens (tertiary/aromatic N) is 3. The number of aromatic nitrogens is 1. The summed E-state index contributed by atoms with van der Waals surface area (Å²) >= 11 is 1.74. The lowest BCUT2D eigenvalue weighted by atomic mass is 10.1.